The molecule has 0 aliphatic carbocycles. The van der Waals surface area contributed by atoms with Crippen LogP contribution in [0.3, 0.4) is 0 Å². The van der Waals surface area contributed by atoms with Gasteiger partial charge in [-0.25, -0.2) is 0 Å². The first-order valence-corrected chi connectivity index (χ1v) is 3.25. The van der Waals surface area contributed by atoms with Crippen molar-refractivity contribution in [3.63, 3.8) is 0 Å². The maximum Gasteiger partial charge on any atom is 0.229 e. The van der Waals surface area contributed by atoms with E-state index in [-0.39, 0.29) is 0 Å². The van der Waals surface area contributed by atoms with Gasteiger partial charge in [-0.2, -0.15) is 0 Å². The molecule has 11 heavy (non-hydrogen) atoms. The van der Waals surface area contributed by atoms with Gasteiger partial charge in [0.15, 0.2) is 0 Å². The summed E-state index contributed by atoms with van der Waals surface area (Å²) < 4.78 is 0. The van der Waals surface area contributed by atoms with E-state index in [9.17, 15) is 4.79 Å². The van der Waals surface area contributed by atoms with Crippen LogP contribution in [0.1, 0.15) is 12.5 Å². The molecule has 0 bridgehead atoms. The highest BCUT2D eigenvalue weighted by molar-refractivity contribution is 5.92. The average Bonchev–Trinajstić information content (AvgIpc) is 2.05. The van der Waals surface area contributed by atoms with E-state index in [0.717, 1.165) is 5.56 Å². The molecule has 3 nitrogen and oxygen atoms in total. The van der Waals surface area contributed by atoms with Crippen LogP contribution in [-0.4, -0.2) is 10.9 Å². The van der Waals surface area contributed by atoms with E-state index in [4.69, 9.17) is 5.73 Å². The number of aromatic nitrogens is 1. The number of pyridine rings is 1. The molecule has 57 valence electrons. The zero-order valence-corrected chi connectivity index (χ0v) is 6.24. The zero-order chi connectivity index (χ0) is 8.27. The monoisotopic (exact) mass is 149 g/mol. The van der Waals surface area contributed by atoms with Crippen molar-refractivity contribution in [1.82, 2.24) is 4.98 Å². The topological polar surface area (TPSA) is 56.0 Å². The van der Waals surface area contributed by atoms with Gasteiger partial charge in [-0.1, -0.05) is 0 Å². The van der Waals surface area contributed by atoms with Crippen molar-refractivity contribution in [2.24, 2.45) is 5.73 Å². The van der Waals surface area contributed by atoms with Crippen LogP contribution in [0.25, 0.3) is 0 Å². The van der Waals surface area contributed by atoms with Crippen molar-refractivity contribution in [3.8, 4) is 0 Å². The van der Waals surface area contributed by atoms with Crippen LogP contribution in [0, 0.1) is 5.92 Å². The summed E-state index contributed by atoms with van der Waals surface area (Å²) >= 11 is 0. The van der Waals surface area contributed by atoms with Gasteiger partial charge >= 0.3 is 0 Å². The number of amides is 1. The Morgan fingerprint density at radius 3 is 2.45 bits per heavy atom. The van der Waals surface area contributed by atoms with Crippen molar-refractivity contribution >= 4 is 5.91 Å². The van der Waals surface area contributed by atoms with Crippen LogP contribution >= 0.6 is 0 Å². The quantitative estimate of drug-likeness (QED) is 0.666. The Labute approximate surface area is 65.2 Å². The number of nitrogens with two attached hydrogens (primary N) is 1. The second-order valence-corrected chi connectivity index (χ2v) is 2.23. The lowest BCUT2D eigenvalue weighted by molar-refractivity contribution is -0.115. The van der Waals surface area contributed by atoms with Gasteiger partial charge in [-0.15, -0.1) is 0 Å². The second kappa shape index (κ2) is 3.14. The Kier molecular flexibility index (Phi) is 2.21. The molecule has 1 heterocycles. The second-order valence-electron chi connectivity index (χ2n) is 2.23. The molecule has 0 aliphatic rings. The molecule has 0 spiro atoms. The maximum absolute atomic E-state index is 10.7. The standard InChI is InChI=1S/C8H9N2O/c1-6(8(9)11)7-2-4-10-5-3-7/h2-5H,1H3,(H2,9,11). The van der Waals surface area contributed by atoms with Crippen LogP contribution in [0.15, 0.2) is 24.5 Å². The summed E-state index contributed by atoms with van der Waals surface area (Å²) in [4.78, 5) is 14.5. The van der Waals surface area contributed by atoms with Crippen molar-refractivity contribution in [2.75, 3.05) is 0 Å². The van der Waals surface area contributed by atoms with E-state index < -0.39 is 5.91 Å². The molecule has 1 aromatic heterocycles. The number of hydrogen-bond donors (Lipinski definition) is 1. The highest BCUT2D eigenvalue weighted by Gasteiger charge is 2.10. The third-order valence-corrected chi connectivity index (χ3v) is 1.48. The number of hydrogen-bond acceptors (Lipinski definition) is 2. The van der Waals surface area contributed by atoms with E-state index in [0.29, 0.717) is 5.92 Å². The summed E-state index contributed by atoms with van der Waals surface area (Å²) in [6.07, 6.45) is 3.25. The molecule has 0 atom stereocenters. The molecule has 1 radical (unpaired) electrons. The largest absolute Gasteiger partial charge is 0.369 e. The summed E-state index contributed by atoms with van der Waals surface area (Å²) in [6.45, 7) is 1.69. The van der Waals surface area contributed by atoms with Crippen LogP contribution in [0.2, 0.25) is 0 Å². The molecule has 3 heteroatoms. The van der Waals surface area contributed by atoms with Gasteiger partial charge < -0.3 is 5.73 Å². The number of carbonyl (C=O) groups is 1. The molecule has 0 fully saturated rings. The van der Waals surface area contributed by atoms with Gasteiger partial charge in [0, 0.05) is 12.4 Å². The number of primary amides is 1. The van der Waals surface area contributed by atoms with Gasteiger partial charge in [-0.05, 0) is 24.6 Å². The van der Waals surface area contributed by atoms with E-state index >= 15 is 0 Å². The summed E-state index contributed by atoms with van der Waals surface area (Å²) in [5.41, 5.74) is 5.90. The van der Waals surface area contributed by atoms with Gasteiger partial charge in [0.2, 0.25) is 5.91 Å². The lowest BCUT2D eigenvalue weighted by Crippen LogP contribution is -2.19. The average molecular weight is 149 g/mol. The summed E-state index contributed by atoms with van der Waals surface area (Å²) in [6, 6.07) is 3.50. The molecule has 1 amide bonds. The number of rotatable bonds is 2. The Morgan fingerprint density at radius 1 is 1.45 bits per heavy atom. The molecular weight excluding hydrogens is 140 g/mol. The Hall–Kier alpha value is -1.38. The first kappa shape index (κ1) is 7.72. The SMILES string of the molecule is C[C](C(N)=O)c1ccncc1. The van der Waals surface area contributed by atoms with Gasteiger partial charge in [0.25, 0.3) is 0 Å². The molecular formula is C8H9N2O. The minimum absolute atomic E-state index is 0.392. The summed E-state index contributed by atoms with van der Waals surface area (Å²) in [7, 11) is 0. The lowest BCUT2D eigenvalue weighted by atomic mass is 10.0. The molecule has 1 rings (SSSR count). The minimum Gasteiger partial charge on any atom is -0.369 e. The zero-order valence-electron chi connectivity index (χ0n) is 6.24. The van der Waals surface area contributed by atoms with Crippen LogP contribution in [0.4, 0.5) is 0 Å². The third-order valence-electron chi connectivity index (χ3n) is 1.48. The van der Waals surface area contributed by atoms with Crippen molar-refractivity contribution < 1.29 is 4.79 Å². The van der Waals surface area contributed by atoms with Crippen molar-refractivity contribution in [1.29, 1.82) is 0 Å². The predicted molar refractivity (Wildman–Crippen MR) is 41.5 cm³/mol. The highest BCUT2D eigenvalue weighted by atomic mass is 16.1. The van der Waals surface area contributed by atoms with Crippen LogP contribution in [-0.2, 0) is 4.79 Å². The van der Waals surface area contributed by atoms with Gasteiger partial charge in [0.05, 0.1) is 5.92 Å². The molecule has 0 aromatic carbocycles. The summed E-state index contributed by atoms with van der Waals surface area (Å²) in [5, 5.41) is 0. The Bertz CT molecular complexity index is 246. The first-order valence-electron chi connectivity index (χ1n) is 3.25. The highest BCUT2D eigenvalue weighted by Crippen LogP contribution is 2.10. The predicted octanol–water partition coefficient (Wildman–Crippen LogP) is 0.509. The fourth-order valence-corrected chi connectivity index (χ4v) is 0.744. The molecule has 0 saturated carbocycles. The normalized spacial score (nSPS) is 10.0. The first-order chi connectivity index (χ1) is 5.22. The smallest absolute Gasteiger partial charge is 0.229 e. The van der Waals surface area contributed by atoms with Crippen molar-refractivity contribution in [2.45, 2.75) is 6.92 Å². The van der Waals surface area contributed by atoms with E-state index in [2.05, 4.69) is 4.98 Å². The van der Waals surface area contributed by atoms with Crippen LogP contribution in [0.5, 0.6) is 0 Å². The number of nitrogens with zero attached hydrogens (tertiary/aromatic N) is 1. The van der Waals surface area contributed by atoms with E-state index in [1.807, 2.05) is 0 Å². The fraction of sp³-hybridized carbons (Fsp3) is 0.125. The molecule has 0 unspecified atom stereocenters. The Morgan fingerprint density at radius 2 is 2.00 bits per heavy atom. The minimum atomic E-state index is -0.392. The number of carbonyl (C=O) groups excluding carboxylic acids is 1. The maximum atomic E-state index is 10.7. The molecule has 0 saturated heterocycles. The van der Waals surface area contributed by atoms with Gasteiger partial charge in [-0.3, -0.25) is 9.78 Å². The molecule has 0 aliphatic heterocycles. The summed E-state index contributed by atoms with van der Waals surface area (Å²) in [5.74, 6) is 0.170. The lowest BCUT2D eigenvalue weighted by Gasteiger charge is -2.03. The van der Waals surface area contributed by atoms with Crippen molar-refractivity contribution in [3.05, 3.63) is 36.0 Å². The van der Waals surface area contributed by atoms with E-state index in [1.54, 1.807) is 31.5 Å². The third kappa shape index (κ3) is 1.77. The fourth-order valence-electron chi connectivity index (χ4n) is 0.744. The molecule has 2 N–H and O–H groups in total. The van der Waals surface area contributed by atoms with E-state index in [1.165, 1.54) is 0 Å². The van der Waals surface area contributed by atoms with Gasteiger partial charge in [0.1, 0.15) is 0 Å². The van der Waals surface area contributed by atoms with Crippen LogP contribution < -0.4 is 5.73 Å². The molecule has 1 aromatic rings. The Balaban J connectivity index is 2.85.